The summed E-state index contributed by atoms with van der Waals surface area (Å²) in [7, 11) is 0. The first kappa shape index (κ1) is 13.9. The van der Waals surface area contributed by atoms with E-state index in [1.54, 1.807) is 0 Å². The first-order valence-corrected chi connectivity index (χ1v) is 6.71. The molecule has 0 amide bonds. The molecule has 0 aromatic carbocycles. The normalized spacial score (nSPS) is 21.6. The first-order valence-electron chi connectivity index (χ1n) is 6.71. The molecule has 0 aromatic rings. The fourth-order valence-electron chi connectivity index (χ4n) is 2.37. The molecule has 0 atom stereocenters. The third kappa shape index (κ3) is 4.04. The van der Waals surface area contributed by atoms with E-state index in [1.165, 1.54) is 19.4 Å². The third-order valence-corrected chi connectivity index (χ3v) is 3.67. The van der Waals surface area contributed by atoms with Crippen LogP contribution in [0.4, 0.5) is 0 Å². The Morgan fingerprint density at radius 3 is 2.56 bits per heavy atom. The van der Waals surface area contributed by atoms with Gasteiger partial charge in [0.2, 0.25) is 0 Å². The van der Waals surface area contributed by atoms with Crippen LogP contribution in [0, 0.1) is 0 Å². The van der Waals surface area contributed by atoms with E-state index < -0.39 is 0 Å². The lowest BCUT2D eigenvalue weighted by Gasteiger charge is -2.43. The standard InChI is InChI=1S/C13H28N2O/c1-5-13(6-2)11-15(8-7-14-13)9-10-16-12(3)4/h12,14H,5-11H2,1-4H3. The molecule has 0 aliphatic carbocycles. The Morgan fingerprint density at radius 1 is 1.31 bits per heavy atom. The summed E-state index contributed by atoms with van der Waals surface area (Å²) in [6.45, 7) is 14.1. The lowest BCUT2D eigenvalue weighted by Crippen LogP contribution is -2.60. The summed E-state index contributed by atoms with van der Waals surface area (Å²) in [6.07, 6.45) is 2.78. The van der Waals surface area contributed by atoms with Crippen molar-refractivity contribution in [2.45, 2.75) is 52.2 Å². The highest BCUT2D eigenvalue weighted by Crippen LogP contribution is 2.19. The van der Waals surface area contributed by atoms with Crippen LogP contribution in [0.15, 0.2) is 0 Å². The summed E-state index contributed by atoms with van der Waals surface area (Å²) in [5.41, 5.74) is 0.343. The van der Waals surface area contributed by atoms with Gasteiger partial charge in [-0.2, -0.15) is 0 Å². The Labute approximate surface area is 101 Å². The molecule has 0 saturated carbocycles. The highest BCUT2D eigenvalue weighted by atomic mass is 16.5. The number of nitrogens with zero attached hydrogens (tertiary/aromatic N) is 1. The largest absolute Gasteiger partial charge is 0.377 e. The minimum Gasteiger partial charge on any atom is -0.377 e. The zero-order chi connectivity index (χ0) is 12.0. The number of hydrogen-bond donors (Lipinski definition) is 1. The number of hydrogen-bond acceptors (Lipinski definition) is 3. The van der Waals surface area contributed by atoms with Crippen molar-refractivity contribution >= 4 is 0 Å². The predicted octanol–water partition coefficient (Wildman–Crippen LogP) is 1.88. The topological polar surface area (TPSA) is 24.5 Å². The van der Waals surface area contributed by atoms with Crippen molar-refractivity contribution in [3.63, 3.8) is 0 Å². The summed E-state index contributed by atoms with van der Waals surface area (Å²) < 4.78 is 5.62. The molecule has 1 aliphatic rings. The number of piperazine rings is 1. The average molecular weight is 228 g/mol. The van der Waals surface area contributed by atoms with Gasteiger partial charge in [0.05, 0.1) is 12.7 Å². The van der Waals surface area contributed by atoms with Gasteiger partial charge in [-0.05, 0) is 26.7 Å². The number of ether oxygens (including phenoxy) is 1. The Hall–Kier alpha value is -0.120. The fraction of sp³-hybridized carbons (Fsp3) is 1.00. The number of nitrogens with one attached hydrogen (secondary N) is 1. The van der Waals surface area contributed by atoms with Crippen LogP contribution in [0.25, 0.3) is 0 Å². The van der Waals surface area contributed by atoms with Crippen LogP contribution in [0.2, 0.25) is 0 Å². The van der Waals surface area contributed by atoms with Crippen LogP contribution in [-0.2, 0) is 4.74 Å². The molecule has 16 heavy (non-hydrogen) atoms. The molecule has 0 unspecified atom stereocenters. The first-order chi connectivity index (χ1) is 7.62. The summed E-state index contributed by atoms with van der Waals surface area (Å²) in [5.74, 6) is 0. The summed E-state index contributed by atoms with van der Waals surface area (Å²) in [6, 6.07) is 0. The zero-order valence-electron chi connectivity index (χ0n) is 11.4. The molecule has 3 heteroatoms. The molecular weight excluding hydrogens is 200 g/mol. The summed E-state index contributed by atoms with van der Waals surface area (Å²) >= 11 is 0. The molecule has 1 aliphatic heterocycles. The van der Waals surface area contributed by atoms with Crippen molar-refractivity contribution in [2.75, 3.05) is 32.8 Å². The Morgan fingerprint density at radius 2 is 2.00 bits per heavy atom. The maximum atomic E-state index is 5.62. The van der Waals surface area contributed by atoms with Gasteiger partial charge in [0.1, 0.15) is 0 Å². The average Bonchev–Trinajstić information content (AvgIpc) is 2.29. The number of rotatable bonds is 6. The fourth-order valence-corrected chi connectivity index (χ4v) is 2.37. The molecule has 1 rings (SSSR count). The molecule has 1 fully saturated rings. The molecule has 0 bridgehead atoms. The van der Waals surface area contributed by atoms with E-state index >= 15 is 0 Å². The molecular formula is C13H28N2O. The van der Waals surface area contributed by atoms with Crippen molar-refractivity contribution in [2.24, 2.45) is 0 Å². The van der Waals surface area contributed by atoms with Gasteiger partial charge < -0.3 is 10.1 Å². The maximum Gasteiger partial charge on any atom is 0.0596 e. The van der Waals surface area contributed by atoms with E-state index in [9.17, 15) is 0 Å². The zero-order valence-corrected chi connectivity index (χ0v) is 11.4. The third-order valence-electron chi connectivity index (χ3n) is 3.67. The van der Waals surface area contributed by atoms with Crippen LogP contribution in [0.3, 0.4) is 0 Å². The smallest absolute Gasteiger partial charge is 0.0596 e. The van der Waals surface area contributed by atoms with E-state index in [4.69, 9.17) is 4.74 Å². The van der Waals surface area contributed by atoms with Gasteiger partial charge in [0, 0.05) is 31.7 Å². The van der Waals surface area contributed by atoms with Gasteiger partial charge >= 0.3 is 0 Å². The van der Waals surface area contributed by atoms with Crippen molar-refractivity contribution in [1.29, 1.82) is 0 Å². The van der Waals surface area contributed by atoms with Crippen molar-refractivity contribution in [3.8, 4) is 0 Å². The van der Waals surface area contributed by atoms with Crippen molar-refractivity contribution in [1.82, 2.24) is 10.2 Å². The van der Waals surface area contributed by atoms with E-state index in [0.717, 1.165) is 26.2 Å². The quantitative estimate of drug-likeness (QED) is 0.751. The molecule has 0 radical (unpaired) electrons. The SMILES string of the molecule is CCC1(CC)CN(CCOC(C)C)CCN1. The second kappa shape index (κ2) is 6.58. The molecule has 1 saturated heterocycles. The van der Waals surface area contributed by atoms with Gasteiger partial charge in [0.25, 0.3) is 0 Å². The van der Waals surface area contributed by atoms with Crippen LogP contribution in [-0.4, -0.2) is 49.3 Å². The lowest BCUT2D eigenvalue weighted by molar-refractivity contribution is 0.0409. The molecule has 0 spiro atoms. The second-order valence-electron chi connectivity index (χ2n) is 5.11. The van der Waals surface area contributed by atoms with Crippen LogP contribution < -0.4 is 5.32 Å². The van der Waals surface area contributed by atoms with Crippen LogP contribution in [0.1, 0.15) is 40.5 Å². The van der Waals surface area contributed by atoms with E-state index in [2.05, 4.69) is 37.9 Å². The monoisotopic (exact) mass is 228 g/mol. The second-order valence-corrected chi connectivity index (χ2v) is 5.11. The van der Waals surface area contributed by atoms with Gasteiger partial charge in [-0.25, -0.2) is 0 Å². The van der Waals surface area contributed by atoms with E-state index in [0.29, 0.717) is 11.6 Å². The molecule has 0 aromatic heterocycles. The van der Waals surface area contributed by atoms with Crippen molar-refractivity contribution < 1.29 is 4.74 Å². The molecule has 96 valence electrons. The maximum absolute atomic E-state index is 5.62. The minimum absolute atomic E-state index is 0.343. The highest BCUT2D eigenvalue weighted by Gasteiger charge is 2.31. The minimum atomic E-state index is 0.343. The van der Waals surface area contributed by atoms with E-state index in [1.807, 2.05) is 0 Å². The Kier molecular flexibility index (Phi) is 5.73. The summed E-state index contributed by atoms with van der Waals surface area (Å²) in [4.78, 5) is 2.53. The van der Waals surface area contributed by atoms with Crippen LogP contribution >= 0.6 is 0 Å². The summed E-state index contributed by atoms with van der Waals surface area (Å²) in [5, 5.41) is 3.68. The van der Waals surface area contributed by atoms with Crippen molar-refractivity contribution in [3.05, 3.63) is 0 Å². The van der Waals surface area contributed by atoms with Gasteiger partial charge in [0.15, 0.2) is 0 Å². The van der Waals surface area contributed by atoms with Gasteiger partial charge in [-0.15, -0.1) is 0 Å². The lowest BCUT2D eigenvalue weighted by atomic mass is 9.90. The highest BCUT2D eigenvalue weighted by molar-refractivity contribution is 4.92. The Balaban J connectivity index is 2.32. The molecule has 3 nitrogen and oxygen atoms in total. The van der Waals surface area contributed by atoms with Crippen LogP contribution in [0.5, 0.6) is 0 Å². The molecule has 1 heterocycles. The van der Waals surface area contributed by atoms with Gasteiger partial charge in [-0.1, -0.05) is 13.8 Å². The van der Waals surface area contributed by atoms with E-state index in [-0.39, 0.29) is 0 Å². The Bertz CT molecular complexity index is 190. The molecule has 1 N–H and O–H groups in total. The predicted molar refractivity (Wildman–Crippen MR) is 68.8 cm³/mol. The van der Waals surface area contributed by atoms with Gasteiger partial charge in [-0.3, -0.25) is 4.90 Å².